The Morgan fingerprint density at radius 1 is 1.31 bits per heavy atom. The van der Waals surface area contributed by atoms with Crippen molar-refractivity contribution in [1.29, 1.82) is 0 Å². The van der Waals surface area contributed by atoms with Crippen molar-refractivity contribution in [3.63, 3.8) is 0 Å². The highest BCUT2D eigenvalue weighted by Gasteiger charge is 2.09. The Morgan fingerprint density at radius 3 is 2.75 bits per heavy atom. The molecule has 4 nitrogen and oxygen atoms in total. The smallest absolute Gasteiger partial charge is 0.211 e. The van der Waals surface area contributed by atoms with E-state index in [1.165, 1.54) is 6.08 Å². The number of nitrogens with zero attached hydrogens (tertiary/aromatic N) is 2. The van der Waals surface area contributed by atoms with E-state index in [1.54, 1.807) is 24.3 Å². The third kappa shape index (κ3) is 3.28. The Bertz CT molecular complexity index is 444. The van der Waals surface area contributed by atoms with Crippen molar-refractivity contribution >= 4 is 17.8 Å². The van der Waals surface area contributed by atoms with Crippen LogP contribution in [0.1, 0.15) is 31.4 Å². The van der Waals surface area contributed by atoms with Crippen LogP contribution in [0.4, 0.5) is 5.69 Å². The molecule has 0 aliphatic carbocycles. The first-order chi connectivity index (χ1) is 7.81. The van der Waals surface area contributed by atoms with Gasteiger partial charge in [0, 0.05) is 0 Å². The van der Waals surface area contributed by atoms with Crippen LogP contribution in [0.5, 0.6) is 0 Å². The van der Waals surface area contributed by atoms with Crippen molar-refractivity contribution in [2.45, 2.75) is 25.8 Å². The third-order valence-corrected chi connectivity index (χ3v) is 2.20. The number of aliphatic imine (C=N–C) groups is 2. The molecule has 1 unspecified atom stereocenters. The molecule has 0 aromatic heterocycles. The Morgan fingerprint density at radius 2 is 2.12 bits per heavy atom. The lowest BCUT2D eigenvalue weighted by molar-refractivity contribution is 0.552. The lowest BCUT2D eigenvalue weighted by Crippen LogP contribution is -1.94. The Balaban J connectivity index is 3.03. The van der Waals surface area contributed by atoms with Crippen LogP contribution in [-0.4, -0.2) is 12.2 Å². The zero-order valence-electron chi connectivity index (χ0n) is 9.01. The molecule has 1 aromatic carbocycles. The van der Waals surface area contributed by atoms with Gasteiger partial charge in [0.25, 0.3) is 0 Å². The zero-order valence-corrected chi connectivity index (χ0v) is 9.01. The molecular weight excluding hydrogens is 204 g/mol. The van der Waals surface area contributed by atoms with Crippen LogP contribution in [0.2, 0.25) is 0 Å². The monoisotopic (exact) mass is 216 g/mol. The fraction of sp³-hybridized carbons (Fsp3) is 0.333. The molecule has 0 spiro atoms. The second-order valence-electron chi connectivity index (χ2n) is 3.32. The average molecular weight is 216 g/mol. The van der Waals surface area contributed by atoms with E-state index in [1.807, 2.05) is 13.0 Å². The number of benzene rings is 1. The van der Waals surface area contributed by atoms with E-state index < -0.39 is 0 Å². The van der Waals surface area contributed by atoms with Gasteiger partial charge >= 0.3 is 0 Å². The fourth-order valence-corrected chi connectivity index (χ4v) is 1.50. The summed E-state index contributed by atoms with van der Waals surface area (Å²) in [6.45, 7) is 2.01. The summed E-state index contributed by atoms with van der Waals surface area (Å²) >= 11 is 0. The molecule has 0 aliphatic heterocycles. The molecule has 82 valence electrons. The highest BCUT2D eigenvalue weighted by Crippen LogP contribution is 2.25. The van der Waals surface area contributed by atoms with Gasteiger partial charge in [-0.2, -0.15) is 9.98 Å². The Labute approximate surface area is 93.7 Å². The van der Waals surface area contributed by atoms with E-state index >= 15 is 0 Å². The van der Waals surface area contributed by atoms with Gasteiger partial charge in [0.05, 0.1) is 11.7 Å². The van der Waals surface area contributed by atoms with Crippen LogP contribution in [-0.2, 0) is 9.59 Å². The van der Waals surface area contributed by atoms with E-state index in [-0.39, 0.29) is 6.04 Å². The molecule has 1 atom stereocenters. The summed E-state index contributed by atoms with van der Waals surface area (Å²) in [5.41, 5.74) is 1.39. The van der Waals surface area contributed by atoms with Crippen molar-refractivity contribution in [2.75, 3.05) is 0 Å². The molecule has 1 aromatic rings. The van der Waals surface area contributed by atoms with Crippen LogP contribution < -0.4 is 0 Å². The second kappa shape index (κ2) is 6.46. The Hall–Kier alpha value is -2.02. The third-order valence-electron chi connectivity index (χ3n) is 2.20. The molecule has 0 bridgehead atoms. The number of hydrogen-bond donors (Lipinski definition) is 0. The molecule has 0 fully saturated rings. The first kappa shape index (κ1) is 12.1. The summed E-state index contributed by atoms with van der Waals surface area (Å²) in [5, 5.41) is 0. The molecule has 0 saturated heterocycles. The summed E-state index contributed by atoms with van der Waals surface area (Å²) in [4.78, 5) is 27.7. The van der Waals surface area contributed by atoms with Crippen LogP contribution >= 0.6 is 0 Å². The predicted octanol–water partition coefficient (Wildman–Crippen LogP) is 2.83. The van der Waals surface area contributed by atoms with Crippen molar-refractivity contribution < 1.29 is 9.59 Å². The van der Waals surface area contributed by atoms with Gasteiger partial charge in [-0.05, 0) is 24.1 Å². The lowest BCUT2D eigenvalue weighted by atomic mass is 10.0. The molecular formula is C12H12N2O2. The maximum atomic E-state index is 10.3. The standard InChI is InChI=1S/C12H12N2O2/c1-2-4-12(14-9-16)10-5-3-6-11(7-10)13-8-15/h3,5-7,12H,2,4H2,1H3. The van der Waals surface area contributed by atoms with Crippen LogP contribution in [0.3, 0.4) is 0 Å². The molecule has 16 heavy (non-hydrogen) atoms. The number of hydrogen-bond acceptors (Lipinski definition) is 4. The minimum absolute atomic E-state index is 0.204. The molecule has 0 saturated carbocycles. The van der Waals surface area contributed by atoms with Gasteiger partial charge in [0.1, 0.15) is 0 Å². The minimum Gasteiger partial charge on any atom is -0.211 e. The SMILES string of the molecule is CCCC(N=C=O)c1cccc(N=C=O)c1. The molecule has 1 rings (SSSR count). The topological polar surface area (TPSA) is 58.9 Å². The van der Waals surface area contributed by atoms with Gasteiger partial charge in [0.15, 0.2) is 0 Å². The van der Waals surface area contributed by atoms with Crippen molar-refractivity contribution in [3.8, 4) is 0 Å². The lowest BCUT2D eigenvalue weighted by Gasteiger charge is -2.09. The molecule has 0 heterocycles. The van der Waals surface area contributed by atoms with E-state index in [0.717, 1.165) is 18.4 Å². The summed E-state index contributed by atoms with van der Waals surface area (Å²) in [5.74, 6) is 0. The van der Waals surface area contributed by atoms with Crippen molar-refractivity contribution in [2.24, 2.45) is 9.98 Å². The largest absolute Gasteiger partial charge is 0.240 e. The number of carbonyl (C=O) groups excluding carboxylic acids is 2. The fourth-order valence-electron chi connectivity index (χ4n) is 1.50. The summed E-state index contributed by atoms with van der Waals surface area (Å²) < 4.78 is 0. The normalized spacial score (nSPS) is 11.1. The van der Waals surface area contributed by atoms with Gasteiger partial charge < -0.3 is 0 Å². The van der Waals surface area contributed by atoms with Gasteiger partial charge in [-0.3, -0.25) is 0 Å². The quantitative estimate of drug-likeness (QED) is 0.561. The van der Waals surface area contributed by atoms with Crippen LogP contribution in [0.15, 0.2) is 34.3 Å². The van der Waals surface area contributed by atoms with Crippen LogP contribution in [0, 0.1) is 0 Å². The van der Waals surface area contributed by atoms with Gasteiger partial charge in [0.2, 0.25) is 12.2 Å². The molecule has 0 radical (unpaired) electrons. The number of rotatable bonds is 5. The first-order valence-electron chi connectivity index (χ1n) is 5.06. The average Bonchev–Trinajstić information content (AvgIpc) is 2.30. The highest BCUT2D eigenvalue weighted by molar-refractivity contribution is 5.50. The van der Waals surface area contributed by atoms with Crippen molar-refractivity contribution in [1.82, 2.24) is 0 Å². The van der Waals surface area contributed by atoms with E-state index in [9.17, 15) is 9.59 Å². The maximum absolute atomic E-state index is 10.3. The second-order valence-corrected chi connectivity index (χ2v) is 3.32. The van der Waals surface area contributed by atoms with Gasteiger partial charge in [-0.1, -0.05) is 25.5 Å². The van der Waals surface area contributed by atoms with Gasteiger partial charge in [-0.15, -0.1) is 0 Å². The summed E-state index contributed by atoms with van der Waals surface area (Å²) in [6, 6.07) is 6.84. The molecule has 0 amide bonds. The first-order valence-corrected chi connectivity index (χ1v) is 5.06. The molecule has 4 heteroatoms. The van der Waals surface area contributed by atoms with Crippen molar-refractivity contribution in [3.05, 3.63) is 29.8 Å². The zero-order chi connectivity index (χ0) is 11.8. The molecule has 0 N–H and O–H groups in total. The molecule has 0 aliphatic rings. The summed E-state index contributed by atoms with van der Waals surface area (Å²) in [7, 11) is 0. The van der Waals surface area contributed by atoms with E-state index in [0.29, 0.717) is 5.69 Å². The van der Waals surface area contributed by atoms with E-state index in [2.05, 4.69) is 9.98 Å². The Kier molecular flexibility index (Phi) is 4.87. The summed E-state index contributed by atoms with van der Waals surface area (Å²) in [6.07, 6.45) is 4.73. The van der Waals surface area contributed by atoms with Gasteiger partial charge in [-0.25, -0.2) is 9.59 Å². The highest BCUT2D eigenvalue weighted by atomic mass is 16.1. The minimum atomic E-state index is -0.204. The maximum Gasteiger partial charge on any atom is 0.240 e. The predicted molar refractivity (Wildman–Crippen MR) is 60.0 cm³/mol. The van der Waals surface area contributed by atoms with E-state index in [4.69, 9.17) is 0 Å². The van der Waals surface area contributed by atoms with Crippen LogP contribution in [0.25, 0.3) is 0 Å². The number of isocyanates is 2.